The molecule has 1 fully saturated rings. The lowest BCUT2D eigenvalue weighted by molar-refractivity contribution is 0.0602. The number of carbonyl (C=O) groups excluding carboxylic acids is 1. The largest absolute Gasteiger partial charge is 0.465 e. The second kappa shape index (κ2) is 5.27. The van der Waals surface area contributed by atoms with E-state index < -0.39 is 5.97 Å². The minimum absolute atomic E-state index is 0.0678. The van der Waals surface area contributed by atoms with Gasteiger partial charge in [-0.05, 0) is 25.0 Å². The number of hydrogen-bond donors (Lipinski definition) is 2. The maximum Gasteiger partial charge on any atom is 0.340 e. The summed E-state index contributed by atoms with van der Waals surface area (Å²) in [6, 6.07) is 5.72. The maximum atomic E-state index is 11.6. The monoisotopic (exact) mass is 250 g/mol. The van der Waals surface area contributed by atoms with Gasteiger partial charge in [-0.25, -0.2) is 4.79 Å². The van der Waals surface area contributed by atoms with E-state index in [-0.39, 0.29) is 6.61 Å². The number of benzene rings is 1. The molecule has 0 bridgehead atoms. The number of hydrogen-bond acceptors (Lipinski definition) is 5. The van der Waals surface area contributed by atoms with E-state index >= 15 is 0 Å². The highest BCUT2D eigenvalue weighted by atomic mass is 16.5. The zero-order valence-corrected chi connectivity index (χ0v) is 10.4. The van der Waals surface area contributed by atoms with E-state index in [2.05, 4.69) is 4.90 Å². The van der Waals surface area contributed by atoms with Crippen LogP contribution in [0.5, 0.6) is 0 Å². The Balaban J connectivity index is 2.34. The molecule has 0 radical (unpaired) electrons. The molecule has 2 rings (SSSR count). The van der Waals surface area contributed by atoms with Crippen LogP contribution in [-0.4, -0.2) is 37.4 Å². The Kier molecular flexibility index (Phi) is 3.72. The molecule has 0 spiro atoms. The van der Waals surface area contributed by atoms with E-state index in [1.54, 1.807) is 12.1 Å². The van der Waals surface area contributed by atoms with Crippen LogP contribution in [-0.2, 0) is 4.74 Å². The van der Waals surface area contributed by atoms with E-state index in [4.69, 9.17) is 15.6 Å². The molecule has 0 saturated heterocycles. The molecule has 1 aromatic rings. The molecule has 5 heteroatoms. The van der Waals surface area contributed by atoms with Crippen molar-refractivity contribution in [2.24, 2.45) is 0 Å². The lowest BCUT2D eigenvalue weighted by Crippen LogP contribution is -2.30. The Bertz CT molecular complexity index is 444. The van der Waals surface area contributed by atoms with Gasteiger partial charge in [0.2, 0.25) is 0 Å². The predicted molar refractivity (Wildman–Crippen MR) is 69.6 cm³/mol. The summed E-state index contributed by atoms with van der Waals surface area (Å²) < 4.78 is 4.70. The molecule has 1 saturated carbocycles. The molecule has 0 heterocycles. The Labute approximate surface area is 106 Å². The molecule has 1 aromatic carbocycles. The van der Waals surface area contributed by atoms with E-state index in [1.165, 1.54) is 7.11 Å². The third-order valence-electron chi connectivity index (χ3n) is 3.13. The maximum absolute atomic E-state index is 11.6. The number of anilines is 2. The van der Waals surface area contributed by atoms with Gasteiger partial charge in [-0.2, -0.15) is 0 Å². The van der Waals surface area contributed by atoms with E-state index in [1.807, 2.05) is 6.07 Å². The molecule has 0 aliphatic heterocycles. The molecule has 98 valence electrons. The molecule has 0 amide bonds. The van der Waals surface area contributed by atoms with Gasteiger partial charge in [-0.1, -0.05) is 6.07 Å². The van der Waals surface area contributed by atoms with E-state index in [9.17, 15) is 4.79 Å². The fourth-order valence-electron chi connectivity index (χ4n) is 2.09. The second-order valence-electron chi connectivity index (χ2n) is 4.38. The summed E-state index contributed by atoms with van der Waals surface area (Å²) in [6.45, 7) is 0.595. The van der Waals surface area contributed by atoms with Crippen molar-refractivity contribution in [3.05, 3.63) is 23.8 Å². The van der Waals surface area contributed by atoms with Gasteiger partial charge in [0.1, 0.15) is 0 Å². The molecule has 18 heavy (non-hydrogen) atoms. The van der Waals surface area contributed by atoms with Crippen LogP contribution in [0.1, 0.15) is 23.2 Å². The number of methoxy groups -OCH3 is 1. The quantitative estimate of drug-likeness (QED) is 0.602. The average molecular weight is 250 g/mol. The second-order valence-corrected chi connectivity index (χ2v) is 4.38. The number of aliphatic hydroxyl groups is 1. The zero-order chi connectivity index (χ0) is 13.1. The lowest BCUT2D eigenvalue weighted by Gasteiger charge is -2.25. The van der Waals surface area contributed by atoms with Crippen LogP contribution in [0.15, 0.2) is 18.2 Å². The summed E-state index contributed by atoms with van der Waals surface area (Å²) in [7, 11) is 1.33. The van der Waals surface area contributed by atoms with Crippen molar-refractivity contribution in [1.29, 1.82) is 0 Å². The summed E-state index contributed by atoms with van der Waals surface area (Å²) in [6.07, 6.45) is 2.20. The van der Waals surface area contributed by atoms with Crippen LogP contribution in [0, 0.1) is 0 Å². The topological polar surface area (TPSA) is 75.8 Å². The number of rotatable bonds is 5. The molecule has 0 atom stereocenters. The van der Waals surface area contributed by atoms with Crippen LogP contribution in [0.2, 0.25) is 0 Å². The molecular weight excluding hydrogens is 232 g/mol. The number of para-hydroxylation sites is 1. The summed E-state index contributed by atoms with van der Waals surface area (Å²) in [5.74, 6) is -0.436. The van der Waals surface area contributed by atoms with Crippen LogP contribution >= 0.6 is 0 Å². The molecule has 0 unspecified atom stereocenters. The molecule has 3 N–H and O–H groups in total. The Morgan fingerprint density at radius 3 is 2.83 bits per heavy atom. The molecule has 1 aliphatic carbocycles. The molecule has 0 aromatic heterocycles. The summed E-state index contributed by atoms with van der Waals surface area (Å²) in [5.41, 5.74) is 7.63. The molecular formula is C13H18N2O3. The number of ether oxygens (including phenoxy) is 1. The van der Waals surface area contributed by atoms with E-state index in [0.717, 1.165) is 18.5 Å². The van der Waals surface area contributed by atoms with Crippen LogP contribution in [0.3, 0.4) is 0 Å². The zero-order valence-electron chi connectivity index (χ0n) is 10.4. The standard InChI is InChI=1S/C13H18N2O3/c1-18-13(17)10-3-2-4-11(12(10)14)15(7-8-16)9-5-6-9/h2-4,9,16H,5-8,14H2,1H3. The summed E-state index contributed by atoms with van der Waals surface area (Å²) >= 11 is 0. The number of nitrogens with zero attached hydrogens (tertiary/aromatic N) is 1. The Morgan fingerprint density at radius 2 is 2.28 bits per heavy atom. The first-order valence-corrected chi connectivity index (χ1v) is 6.03. The van der Waals surface area contributed by atoms with Gasteiger partial charge in [-0.3, -0.25) is 0 Å². The third kappa shape index (κ3) is 2.41. The highest BCUT2D eigenvalue weighted by Crippen LogP contribution is 2.35. The van der Waals surface area contributed by atoms with Gasteiger partial charge < -0.3 is 20.5 Å². The van der Waals surface area contributed by atoms with E-state index in [0.29, 0.717) is 23.8 Å². The first kappa shape index (κ1) is 12.7. The van der Waals surface area contributed by atoms with Gasteiger partial charge >= 0.3 is 5.97 Å². The number of nitrogens with two attached hydrogens (primary N) is 1. The van der Waals surface area contributed by atoms with Gasteiger partial charge in [0, 0.05) is 12.6 Å². The number of aliphatic hydroxyl groups excluding tert-OH is 1. The van der Waals surface area contributed by atoms with Crippen LogP contribution in [0.4, 0.5) is 11.4 Å². The first-order valence-electron chi connectivity index (χ1n) is 6.03. The number of nitrogen functional groups attached to an aromatic ring is 1. The fraction of sp³-hybridized carbons (Fsp3) is 0.462. The minimum atomic E-state index is -0.436. The van der Waals surface area contributed by atoms with Crippen molar-refractivity contribution in [3.63, 3.8) is 0 Å². The van der Waals surface area contributed by atoms with Crippen molar-refractivity contribution in [2.45, 2.75) is 18.9 Å². The van der Waals surface area contributed by atoms with Crippen LogP contribution in [0.25, 0.3) is 0 Å². The van der Waals surface area contributed by atoms with Crippen molar-refractivity contribution >= 4 is 17.3 Å². The highest BCUT2D eigenvalue weighted by molar-refractivity contribution is 5.98. The summed E-state index contributed by atoms with van der Waals surface area (Å²) in [5, 5.41) is 9.12. The average Bonchev–Trinajstić information content (AvgIpc) is 3.20. The van der Waals surface area contributed by atoms with Crippen LogP contribution < -0.4 is 10.6 Å². The molecule has 1 aliphatic rings. The molecule has 5 nitrogen and oxygen atoms in total. The van der Waals surface area contributed by atoms with Gasteiger partial charge in [0.15, 0.2) is 0 Å². The SMILES string of the molecule is COC(=O)c1cccc(N(CCO)C2CC2)c1N. The van der Waals surface area contributed by atoms with Crippen molar-refractivity contribution in [3.8, 4) is 0 Å². The Morgan fingerprint density at radius 1 is 1.56 bits per heavy atom. The van der Waals surface area contributed by atoms with Gasteiger partial charge in [-0.15, -0.1) is 0 Å². The number of esters is 1. The smallest absolute Gasteiger partial charge is 0.340 e. The number of carbonyl (C=O) groups is 1. The van der Waals surface area contributed by atoms with Gasteiger partial charge in [0.25, 0.3) is 0 Å². The van der Waals surface area contributed by atoms with Crippen molar-refractivity contribution < 1.29 is 14.6 Å². The highest BCUT2D eigenvalue weighted by Gasteiger charge is 2.30. The lowest BCUT2D eigenvalue weighted by atomic mass is 10.1. The predicted octanol–water partition coefficient (Wildman–Crippen LogP) is 1.02. The third-order valence-corrected chi connectivity index (χ3v) is 3.13. The van der Waals surface area contributed by atoms with Crippen molar-refractivity contribution in [1.82, 2.24) is 0 Å². The first-order chi connectivity index (χ1) is 8.69. The minimum Gasteiger partial charge on any atom is -0.465 e. The van der Waals surface area contributed by atoms with Gasteiger partial charge in [0.05, 0.1) is 30.7 Å². The summed E-state index contributed by atoms with van der Waals surface area (Å²) in [4.78, 5) is 13.6. The Hall–Kier alpha value is -1.75. The normalized spacial score (nSPS) is 14.3. The fourth-order valence-corrected chi connectivity index (χ4v) is 2.09. The van der Waals surface area contributed by atoms with Crippen molar-refractivity contribution in [2.75, 3.05) is 30.9 Å².